The van der Waals surface area contributed by atoms with Gasteiger partial charge >= 0.3 is 0 Å². The van der Waals surface area contributed by atoms with Crippen molar-refractivity contribution in [1.29, 1.82) is 0 Å². The van der Waals surface area contributed by atoms with E-state index in [1.807, 2.05) is 0 Å². The highest BCUT2D eigenvalue weighted by Crippen LogP contribution is 2.08. The molecule has 0 bridgehead atoms. The smallest absolute Gasteiger partial charge is 0.0620 e. The zero-order chi connectivity index (χ0) is 11.2. The molecule has 0 aromatic carbocycles. The van der Waals surface area contributed by atoms with E-state index in [9.17, 15) is 0 Å². The molecule has 2 heterocycles. The summed E-state index contributed by atoms with van der Waals surface area (Å²) in [5.74, 6) is 0. The summed E-state index contributed by atoms with van der Waals surface area (Å²) >= 11 is 0. The van der Waals surface area contributed by atoms with Crippen molar-refractivity contribution in [2.24, 2.45) is 0 Å². The Hall–Kier alpha value is -0.160. The van der Waals surface area contributed by atoms with Crippen molar-refractivity contribution >= 4 is 0 Å². The van der Waals surface area contributed by atoms with Crippen molar-refractivity contribution in [2.75, 3.05) is 32.8 Å². The second kappa shape index (κ2) is 6.55. The number of nitrogens with one attached hydrogen (secondary N) is 2. The van der Waals surface area contributed by atoms with Crippen LogP contribution in [0.4, 0.5) is 0 Å². The second-order valence-corrected chi connectivity index (χ2v) is 5.04. The molecule has 16 heavy (non-hydrogen) atoms. The molecule has 2 aliphatic heterocycles. The van der Waals surface area contributed by atoms with Gasteiger partial charge in [-0.15, -0.1) is 0 Å². The van der Waals surface area contributed by atoms with Crippen molar-refractivity contribution in [2.45, 2.75) is 44.7 Å². The van der Waals surface area contributed by atoms with E-state index in [-0.39, 0.29) is 0 Å². The second-order valence-electron chi connectivity index (χ2n) is 5.04. The fraction of sp³-hybridized carbons (Fsp3) is 1.00. The summed E-state index contributed by atoms with van der Waals surface area (Å²) in [7, 11) is 0. The van der Waals surface area contributed by atoms with Crippen LogP contribution in [-0.4, -0.2) is 49.9 Å². The number of rotatable bonds is 4. The lowest BCUT2D eigenvalue weighted by Gasteiger charge is -2.32. The molecule has 2 N–H and O–H groups in total. The van der Waals surface area contributed by atoms with Crippen LogP contribution < -0.4 is 10.7 Å². The highest BCUT2D eigenvalue weighted by molar-refractivity contribution is 4.75. The minimum absolute atomic E-state index is 0.529. The van der Waals surface area contributed by atoms with Gasteiger partial charge in [0.1, 0.15) is 0 Å². The van der Waals surface area contributed by atoms with Crippen LogP contribution in [0.5, 0.6) is 0 Å². The Morgan fingerprint density at radius 2 is 2.19 bits per heavy atom. The molecule has 2 rings (SSSR count). The molecule has 2 fully saturated rings. The minimum atomic E-state index is 0.529. The van der Waals surface area contributed by atoms with E-state index in [0.29, 0.717) is 12.1 Å². The number of morpholine rings is 1. The van der Waals surface area contributed by atoms with E-state index in [1.54, 1.807) is 0 Å². The van der Waals surface area contributed by atoms with Gasteiger partial charge in [0.25, 0.3) is 0 Å². The first-order valence-corrected chi connectivity index (χ1v) is 6.67. The number of nitrogens with zero attached hydrogens (tertiary/aromatic N) is 1. The summed E-state index contributed by atoms with van der Waals surface area (Å²) < 4.78 is 5.47. The standard InChI is InChI=1S/C12H25N3O/c1-11(9-12-10-16-8-5-13-12)14-15-6-3-2-4-7-15/h11-14H,2-10H2,1H3. The van der Waals surface area contributed by atoms with Gasteiger partial charge in [-0.2, -0.15) is 0 Å². The lowest BCUT2D eigenvalue weighted by atomic mass is 10.1. The predicted molar refractivity (Wildman–Crippen MR) is 65.2 cm³/mol. The van der Waals surface area contributed by atoms with Crippen LogP contribution in [0.2, 0.25) is 0 Å². The monoisotopic (exact) mass is 227 g/mol. The van der Waals surface area contributed by atoms with Crippen molar-refractivity contribution in [3.8, 4) is 0 Å². The van der Waals surface area contributed by atoms with E-state index >= 15 is 0 Å². The molecule has 0 spiro atoms. The molecular weight excluding hydrogens is 202 g/mol. The molecule has 2 aliphatic rings. The van der Waals surface area contributed by atoms with Crippen molar-refractivity contribution in [3.63, 3.8) is 0 Å². The number of hydrazine groups is 1. The van der Waals surface area contributed by atoms with Crippen LogP contribution in [0.1, 0.15) is 32.6 Å². The van der Waals surface area contributed by atoms with E-state index in [4.69, 9.17) is 4.74 Å². The van der Waals surface area contributed by atoms with Gasteiger partial charge in [0.05, 0.1) is 13.2 Å². The Morgan fingerprint density at radius 3 is 2.88 bits per heavy atom. The van der Waals surface area contributed by atoms with E-state index in [0.717, 1.165) is 26.2 Å². The first kappa shape index (κ1) is 12.3. The molecule has 0 aromatic rings. The molecule has 4 nitrogen and oxygen atoms in total. The summed E-state index contributed by atoms with van der Waals surface area (Å²) in [4.78, 5) is 0. The normalized spacial score (nSPS) is 30.2. The maximum atomic E-state index is 5.47. The van der Waals surface area contributed by atoms with E-state index in [1.165, 1.54) is 32.4 Å². The molecule has 0 saturated carbocycles. The first-order chi connectivity index (χ1) is 7.84. The van der Waals surface area contributed by atoms with Crippen molar-refractivity contribution in [3.05, 3.63) is 0 Å². The van der Waals surface area contributed by atoms with Crippen LogP contribution >= 0.6 is 0 Å². The van der Waals surface area contributed by atoms with Crippen molar-refractivity contribution in [1.82, 2.24) is 15.8 Å². The Kier molecular flexibility index (Phi) is 5.03. The maximum absolute atomic E-state index is 5.47. The largest absolute Gasteiger partial charge is 0.379 e. The fourth-order valence-corrected chi connectivity index (χ4v) is 2.59. The zero-order valence-electron chi connectivity index (χ0n) is 10.4. The third-order valence-corrected chi connectivity index (χ3v) is 3.40. The van der Waals surface area contributed by atoms with Crippen LogP contribution in [0.3, 0.4) is 0 Å². The third kappa shape index (κ3) is 4.01. The van der Waals surface area contributed by atoms with Gasteiger partial charge in [-0.05, 0) is 26.2 Å². The molecule has 2 saturated heterocycles. The van der Waals surface area contributed by atoms with Crippen LogP contribution in [-0.2, 0) is 4.74 Å². The Labute approximate surface area is 98.7 Å². The zero-order valence-corrected chi connectivity index (χ0v) is 10.4. The van der Waals surface area contributed by atoms with Gasteiger partial charge in [0.15, 0.2) is 0 Å². The van der Waals surface area contributed by atoms with Crippen molar-refractivity contribution < 1.29 is 4.74 Å². The summed E-state index contributed by atoms with van der Waals surface area (Å²) in [5.41, 5.74) is 3.60. The fourth-order valence-electron chi connectivity index (χ4n) is 2.59. The summed E-state index contributed by atoms with van der Waals surface area (Å²) in [6.45, 7) is 7.42. The highest BCUT2D eigenvalue weighted by atomic mass is 16.5. The average Bonchev–Trinajstić information content (AvgIpc) is 2.31. The summed E-state index contributed by atoms with van der Waals surface area (Å²) in [6, 6.07) is 1.07. The SMILES string of the molecule is CC(CC1COCCN1)NN1CCCCC1. The minimum Gasteiger partial charge on any atom is -0.379 e. The lowest BCUT2D eigenvalue weighted by Crippen LogP contribution is -2.50. The Bertz CT molecular complexity index is 169. The molecule has 0 aliphatic carbocycles. The predicted octanol–water partition coefficient (Wildman–Crippen LogP) is 0.744. The third-order valence-electron chi connectivity index (χ3n) is 3.40. The average molecular weight is 227 g/mol. The number of piperidine rings is 1. The topological polar surface area (TPSA) is 36.5 Å². The molecule has 94 valence electrons. The Balaban J connectivity index is 1.64. The van der Waals surface area contributed by atoms with Gasteiger partial charge in [0, 0.05) is 31.7 Å². The van der Waals surface area contributed by atoms with E-state index < -0.39 is 0 Å². The van der Waals surface area contributed by atoms with Gasteiger partial charge in [-0.25, -0.2) is 5.01 Å². The molecule has 2 atom stereocenters. The van der Waals surface area contributed by atoms with Crippen LogP contribution in [0.15, 0.2) is 0 Å². The van der Waals surface area contributed by atoms with Gasteiger partial charge in [-0.3, -0.25) is 5.43 Å². The maximum Gasteiger partial charge on any atom is 0.0620 e. The molecule has 0 aromatic heterocycles. The van der Waals surface area contributed by atoms with E-state index in [2.05, 4.69) is 22.7 Å². The summed E-state index contributed by atoms with van der Waals surface area (Å²) in [5, 5.41) is 5.89. The van der Waals surface area contributed by atoms with Crippen LogP contribution in [0.25, 0.3) is 0 Å². The van der Waals surface area contributed by atoms with Gasteiger partial charge in [-0.1, -0.05) is 6.42 Å². The van der Waals surface area contributed by atoms with Gasteiger partial charge < -0.3 is 10.1 Å². The number of hydrogen-bond donors (Lipinski definition) is 2. The molecule has 0 radical (unpaired) electrons. The van der Waals surface area contributed by atoms with Crippen LogP contribution in [0, 0.1) is 0 Å². The first-order valence-electron chi connectivity index (χ1n) is 6.67. The number of hydrogen-bond acceptors (Lipinski definition) is 4. The quantitative estimate of drug-likeness (QED) is 0.743. The summed E-state index contributed by atoms with van der Waals surface area (Å²) in [6.07, 6.45) is 5.22. The lowest BCUT2D eigenvalue weighted by molar-refractivity contribution is 0.0624. The highest BCUT2D eigenvalue weighted by Gasteiger charge is 2.18. The molecule has 0 amide bonds. The number of ether oxygens (including phenoxy) is 1. The molecule has 2 unspecified atom stereocenters. The Morgan fingerprint density at radius 1 is 1.38 bits per heavy atom. The molecule has 4 heteroatoms. The molecular formula is C12H25N3O. The van der Waals surface area contributed by atoms with Gasteiger partial charge in [0.2, 0.25) is 0 Å².